The highest BCUT2D eigenvalue weighted by atomic mass is 35.5. The molecule has 0 amide bonds. The first-order valence-corrected chi connectivity index (χ1v) is 8.98. The number of hydrogen-bond acceptors (Lipinski definition) is 5. The average molecular weight is 364 g/mol. The fourth-order valence-electron chi connectivity index (χ4n) is 2.18. The van der Waals surface area contributed by atoms with Gasteiger partial charge in [0.1, 0.15) is 6.33 Å². The lowest BCUT2D eigenvalue weighted by molar-refractivity contribution is 0.581. The zero-order valence-electron chi connectivity index (χ0n) is 12.5. The molecule has 9 heteroatoms. The van der Waals surface area contributed by atoms with Crippen molar-refractivity contribution in [3.8, 4) is 5.69 Å². The molecule has 2 aromatic carbocycles. The van der Waals surface area contributed by atoms with Crippen LogP contribution in [0, 0.1) is 0 Å². The van der Waals surface area contributed by atoms with Crippen molar-refractivity contribution in [1.29, 1.82) is 0 Å². The number of nitrogens with zero attached hydrogens (tertiary/aromatic N) is 4. The number of rotatable bonds is 6. The third-order valence-corrected chi connectivity index (χ3v) is 5.03. The topological polar surface area (TPSA) is 89.8 Å². The van der Waals surface area contributed by atoms with Gasteiger partial charge < -0.3 is 0 Å². The summed E-state index contributed by atoms with van der Waals surface area (Å²) in [5, 5.41) is 11.5. The minimum atomic E-state index is -3.62. The highest BCUT2D eigenvalue weighted by Crippen LogP contribution is 2.14. The molecule has 0 unspecified atom stereocenters. The molecule has 0 aliphatic rings. The van der Waals surface area contributed by atoms with Crippen LogP contribution in [0.4, 0.5) is 0 Å². The number of tetrazole rings is 1. The Hall–Kier alpha value is -2.29. The highest BCUT2D eigenvalue weighted by molar-refractivity contribution is 7.89. The zero-order valence-corrected chi connectivity index (χ0v) is 14.1. The van der Waals surface area contributed by atoms with Crippen molar-refractivity contribution in [1.82, 2.24) is 24.9 Å². The number of benzene rings is 2. The number of halogens is 1. The molecule has 0 radical (unpaired) electrons. The van der Waals surface area contributed by atoms with Crippen LogP contribution in [0.2, 0.25) is 5.02 Å². The monoisotopic (exact) mass is 363 g/mol. The third kappa shape index (κ3) is 3.97. The van der Waals surface area contributed by atoms with Gasteiger partial charge >= 0.3 is 0 Å². The van der Waals surface area contributed by atoms with E-state index in [0.717, 1.165) is 5.56 Å². The maximum atomic E-state index is 12.4. The van der Waals surface area contributed by atoms with Gasteiger partial charge in [0.2, 0.25) is 10.0 Å². The quantitative estimate of drug-likeness (QED) is 0.721. The molecule has 0 atom stereocenters. The SMILES string of the molecule is O=S(=O)(NCCc1cccc(Cl)c1)c1cccc(-n2cnnn2)c1. The van der Waals surface area contributed by atoms with E-state index in [2.05, 4.69) is 20.2 Å². The third-order valence-electron chi connectivity index (χ3n) is 3.34. The second-order valence-corrected chi connectivity index (χ2v) is 7.23. The summed E-state index contributed by atoms with van der Waals surface area (Å²) < 4.78 is 28.8. The molecule has 1 N–H and O–H groups in total. The molecule has 7 nitrogen and oxygen atoms in total. The lowest BCUT2D eigenvalue weighted by Crippen LogP contribution is -2.26. The second-order valence-electron chi connectivity index (χ2n) is 5.03. The zero-order chi connectivity index (χ0) is 17.0. The largest absolute Gasteiger partial charge is 0.240 e. The van der Waals surface area contributed by atoms with Gasteiger partial charge in [0.05, 0.1) is 10.6 Å². The molecule has 0 aliphatic carbocycles. The van der Waals surface area contributed by atoms with Crippen molar-refractivity contribution in [2.24, 2.45) is 0 Å². The van der Waals surface area contributed by atoms with E-state index in [1.165, 1.54) is 23.1 Å². The van der Waals surface area contributed by atoms with Crippen molar-refractivity contribution in [3.63, 3.8) is 0 Å². The molecular weight excluding hydrogens is 350 g/mol. The van der Waals surface area contributed by atoms with Crippen LogP contribution in [0.3, 0.4) is 0 Å². The van der Waals surface area contributed by atoms with E-state index >= 15 is 0 Å². The van der Waals surface area contributed by atoms with Crippen molar-refractivity contribution in [3.05, 3.63) is 65.4 Å². The Bertz CT molecular complexity index is 929. The van der Waals surface area contributed by atoms with Gasteiger partial charge in [-0.2, -0.15) is 0 Å². The first-order valence-electron chi connectivity index (χ1n) is 7.12. The summed E-state index contributed by atoms with van der Waals surface area (Å²) in [4.78, 5) is 0.154. The van der Waals surface area contributed by atoms with Crippen molar-refractivity contribution in [2.45, 2.75) is 11.3 Å². The standard InChI is InChI=1S/C15H14ClN5O2S/c16-13-4-1-3-12(9-13)7-8-18-24(22,23)15-6-2-5-14(10-15)21-11-17-19-20-21/h1-6,9-11,18H,7-8H2. The maximum absolute atomic E-state index is 12.4. The van der Waals surface area contributed by atoms with Gasteiger partial charge in [-0.3, -0.25) is 0 Å². The van der Waals surface area contributed by atoms with Crippen LogP contribution in [0.25, 0.3) is 5.69 Å². The Labute approximate surface area is 144 Å². The molecule has 1 aromatic heterocycles. The predicted molar refractivity (Wildman–Crippen MR) is 89.5 cm³/mol. The molecule has 124 valence electrons. The van der Waals surface area contributed by atoms with Gasteiger partial charge in [-0.15, -0.1) is 5.10 Å². The fourth-order valence-corrected chi connectivity index (χ4v) is 3.46. The van der Waals surface area contributed by atoms with E-state index in [4.69, 9.17) is 11.6 Å². The summed E-state index contributed by atoms with van der Waals surface area (Å²) in [5.74, 6) is 0. The molecule has 1 heterocycles. The van der Waals surface area contributed by atoms with Gasteiger partial charge in [0, 0.05) is 11.6 Å². The lowest BCUT2D eigenvalue weighted by atomic mass is 10.2. The molecule has 0 fully saturated rings. The minimum Gasteiger partial charge on any atom is -0.211 e. The van der Waals surface area contributed by atoms with Crippen LogP contribution in [-0.2, 0) is 16.4 Å². The summed E-state index contributed by atoms with van der Waals surface area (Å²) in [6, 6.07) is 13.7. The van der Waals surface area contributed by atoms with E-state index in [1.54, 1.807) is 18.2 Å². The Kier molecular flexibility index (Phi) is 4.89. The van der Waals surface area contributed by atoms with E-state index in [1.807, 2.05) is 18.2 Å². The van der Waals surface area contributed by atoms with Crippen molar-refractivity contribution in [2.75, 3.05) is 6.54 Å². The molecule has 3 aromatic rings. The minimum absolute atomic E-state index is 0.154. The van der Waals surface area contributed by atoms with Crippen molar-refractivity contribution < 1.29 is 8.42 Å². The average Bonchev–Trinajstić information content (AvgIpc) is 3.09. The number of hydrogen-bond donors (Lipinski definition) is 1. The summed E-state index contributed by atoms with van der Waals surface area (Å²) in [5.41, 5.74) is 1.53. The molecule has 0 spiro atoms. The van der Waals surface area contributed by atoms with Crippen molar-refractivity contribution >= 4 is 21.6 Å². The van der Waals surface area contributed by atoms with Gasteiger partial charge in [-0.05, 0) is 52.7 Å². The fraction of sp³-hybridized carbons (Fsp3) is 0.133. The Balaban J connectivity index is 1.70. The van der Waals surface area contributed by atoms with Crippen LogP contribution in [0.1, 0.15) is 5.56 Å². The summed E-state index contributed by atoms with van der Waals surface area (Å²) in [7, 11) is -3.62. The van der Waals surface area contributed by atoms with E-state index < -0.39 is 10.0 Å². The molecule has 0 bridgehead atoms. The van der Waals surface area contributed by atoms with E-state index in [-0.39, 0.29) is 11.4 Å². The molecular formula is C15H14ClN5O2S. The smallest absolute Gasteiger partial charge is 0.211 e. The van der Waals surface area contributed by atoms with Gasteiger partial charge in [0.25, 0.3) is 0 Å². The van der Waals surface area contributed by atoms with Gasteiger partial charge in [-0.1, -0.05) is 29.8 Å². The lowest BCUT2D eigenvalue weighted by Gasteiger charge is -2.08. The summed E-state index contributed by atoms with van der Waals surface area (Å²) >= 11 is 5.92. The van der Waals surface area contributed by atoms with Crippen LogP contribution in [0.5, 0.6) is 0 Å². The second kappa shape index (κ2) is 7.08. The highest BCUT2D eigenvalue weighted by Gasteiger charge is 2.14. The molecule has 24 heavy (non-hydrogen) atoms. The van der Waals surface area contributed by atoms with Gasteiger partial charge in [0.15, 0.2) is 0 Å². The van der Waals surface area contributed by atoms with E-state index in [9.17, 15) is 8.42 Å². The van der Waals surface area contributed by atoms with E-state index in [0.29, 0.717) is 17.1 Å². The number of aromatic nitrogens is 4. The Morgan fingerprint density at radius 3 is 2.71 bits per heavy atom. The Morgan fingerprint density at radius 2 is 1.96 bits per heavy atom. The van der Waals surface area contributed by atoms with Crippen LogP contribution in [-0.4, -0.2) is 35.2 Å². The maximum Gasteiger partial charge on any atom is 0.240 e. The predicted octanol–water partition coefficient (Wildman–Crippen LogP) is 1.84. The first kappa shape index (κ1) is 16.6. The van der Waals surface area contributed by atoms with Gasteiger partial charge in [-0.25, -0.2) is 17.8 Å². The summed E-state index contributed by atoms with van der Waals surface area (Å²) in [6.07, 6.45) is 1.95. The van der Waals surface area contributed by atoms with Crippen LogP contribution in [0.15, 0.2) is 59.8 Å². The molecule has 0 saturated heterocycles. The van der Waals surface area contributed by atoms with Crippen LogP contribution < -0.4 is 4.72 Å². The summed E-state index contributed by atoms with van der Waals surface area (Å²) in [6.45, 7) is 0.276. The van der Waals surface area contributed by atoms with Crippen LogP contribution >= 0.6 is 11.6 Å². The molecule has 3 rings (SSSR count). The molecule has 0 saturated carbocycles. The molecule has 0 aliphatic heterocycles. The normalized spacial score (nSPS) is 11.5. The number of nitrogens with one attached hydrogen (secondary N) is 1. The Morgan fingerprint density at radius 1 is 1.12 bits per heavy atom. The number of sulfonamides is 1. The first-order chi connectivity index (χ1) is 11.5.